The van der Waals surface area contributed by atoms with E-state index in [-0.39, 0.29) is 31.2 Å². The topological polar surface area (TPSA) is 38.7 Å². The second kappa shape index (κ2) is 16.1. The first-order chi connectivity index (χ1) is 20.3. The largest absolute Gasteiger partial charge is 0.305 e. The molecule has 3 aromatic carbocycles. The number of hydrogen-bond donors (Lipinski definition) is 0. The standard InChI is InChI=1S/C11H7F2N.2C11H6F2N.Ir/c3*12-8-4-5-9(10(13)7-8)11-3-1-2-6-14-11;/h1-7H;2*1-4,6-7H;/q;2*-1;. The van der Waals surface area contributed by atoms with Gasteiger partial charge in [0.1, 0.15) is 11.6 Å². The molecule has 10 heteroatoms. The van der Waals surface area contributed by atoms with Gasteiger partial charge in [0, 0.05) is 73.6 Å². The maximum Gasteiger partial charge on any atom is 0.135 e. The molecule has 3 aromatic heterocycles. The van der Waals surface area contributed by atoms with E-state index in [1.807, 2.05) is 0 Å². The Hall–Kier alpha value is -4.66. The van der Waals surface area contributed by atoms with Gasteiger partial charge in [0.25, 0.3) is 0 Å². The molecule has 0 saturated carbocycles. The van der Waals surface area contributed by atoms with Crippen molar-refractivity contribution in [2.75, 3.05) is 0 Å². The van der Waals surface area contributed by atoms with Crippen molar-refractivity contribution in [2.24, 2.45) is 0 Å². The van der Waals surface area contributed by atoms with Gasteiger partial charge in [-0.25, -0.2) is 8.78 Å². The first-order valence-corrected chi connectivity index (χ1v) is 12.2. The van der Waals surface area contributed by atoms with Crippen LogP contribution in [0, 0.1) is 47.0 Å². The molecule has 6 aromatic rings. The number of nitrogens with zero attached hydrogens (tertiary/aromatic N) is 3. The fraction of sp³-hybridized carbons (Fsp3) is 0. The van der Waals surface area contributed by atoms with E-state index in [0.29, 0.717) is 22.6 Å². The van der Waals surface area contributed by atoms with E-state index in [0.717, 1.165) is 30.3 Å². The molecule has 3 heterocycles. The van der Waals surface area contributed by atoms with E-state index in [4.69, 9.17) is 0 Å². The van der Waals surface area contributed by atoms with Crippen LogP contribution in [0.3, 0.4) is 0 Å². The minimum atomic E-state index is -0.649. The number of halogens is 6. The van der Waals surface area contributed by atoms with Crippen LogP contribution in [0.1, 0.15) is 0 Å². The number of rotatable bonds is 3. The molecular formula is C33H19F6IrN3-2. The van der Waals surface area contributed by atoms with Gasteiger partial charge in [-0.15, -0.1) is 24.3 Å². The molecule has 0 N–H and O–H groups in total. The van der Waals surface area contributed by atoms with Crippen LogP contribution in [0.25, 0.3) is 33.8 Å². The van der Waals surface area contributed by atoms with Crippen molar-refractivity contribution < 1.29 is 46.4 Å². The van der Waals surface area contributed by atoms with E-state index in [9.17, 15) is 26.3 Å². The van der Waals surface area contributed by atoms with E-state index >= 15 is 0 Å². The smallest absolute Gasteiger partial charge is 0.135 e. The molecule has 0 aliphatic carbocycles. The molecule has 0 spiro atoms. The fourth-order valence-corrected chi connectivity index (χ4v) is 3.52. The van der Waals surface area contributed by atoms with Gasteiger partial charge in [-0.3, -0.25) is 22.5 Å². The van der Waals surface area contributed by atoms with Crippen LogP contribution in [0.2, 0.25) is 0 Å². The van der Waals surface area contributed by atoms with Gasteiger partial charge >= 0.3 is 0 Å². The summed E-state index contributed by atoms with van der Waals surface area (Å²) < 4.78 is 77.5. The van der Waals surface area contributed by atoms with Crippen molar-refractivity contribution in [3.63, 3.8) is 0 Å². The van der Waals surface area contributed by atoms with Gasteiger partial charge in [0.2, 0.25) is 0 Å². The molecule has 219 valence electrons. The summed E-state index contributed by atoms with van der Waals surface area (Å²) in [4.78, 5) is 11.9. The molecule has 43 heavy (non-hydrogen) atoms. The average molecular weight is 764 g/mol. The maximum absolute atomic E-state index is 13.3. The van der Waals surface area contributed by atoms with Crippen LogP contribution in [-0.4, -0.2) is 15.0 Å². The SMILES string of the molecule is Fc1c[c-]c(-c2ccccn2)c(F)c1.Fc1c[c-]c(-c2ccccn2)c(F)c1.Fc1ccc(-c2ccccn2)c(F)c1.[Ir]. The van der Waals surface area contributed by atoms with Crippen LogP contribution in [0.15, 0.2) is 116 Å². The zero-order chi connectivity index (χ0) is 29.9. The quantitative estimate of drug-likeness (QED) is 0.134. The van der Waals surface area contributed by atoms with Crippen molar-refractivity contribution in [3.05, 3.63) is 163 Å². The third-order valence-electron chi connectivity index (χ3n) is 5.43. The zero-order valence-electron chi connectivity index (χ0n) is 21.9. The van der Waals surface area contributed by atoms with Crippen LogP contribution in [0.5, 0.6) is 0 Å². The monoisotopic (exact) mass is 764 g/mol. The maximum atomic E-state index is 13.3. The van der Waals surface area contributed by atoms with Crippen LogP contribution in [0.4, 0.5) is 26.3 Å². The summed E-state index contributed by atoms with van der Waals surface area (Å²) in [6, 6.07) is 27.7. The Balaban J connectivity index is 0.000000175. The first-order valence-electron chi connectivity index (χ1n) is 12.2. The molecule has 1 radical (unpaired) electrons. The Kier molecular flexibility index (Phi) is 12.3. The summed E-state index contributed by atoms with van der Waals surface area (Å²) in [5.74, 6) is -3.75. The third-order valence-corrected chi connectivity index (χ3v) is 5.43. The molecule has 6 rings (SSSR count). The summed E-state index contributed by atoms with van der Waals surface area (Å²) in [6.07, 6.45) is 4.66. The van der Waals surface area contributed by atoms with E-state index < -0.39 is 34.9 Å². The van der Waals surface area contributed by atoms with Crippen LogP contribution in [-0.2, 0) is 20.1 Å². The van der Waals surface area contributed by atoms with Crippen molar-refractivity contribution in [3.8, 4) is 33.8 Å². The van der Waals surface area contributed by atoms with Gasteiger partial charge in [0.15, 0.2) is 0 Å². The molecule has 0 saturated heterocycles. The second-order valence-corrected chi connectivity index (χ2v) is 8.35. The Morgan fingerprint density at radius 2 is 0.860 bits per heavy atom. The normalized spacial score (nSPS) is 9.91. The number of hydrogen-bond acceptors (Lipinski definition) is 3. The Morgan fingerprint density at radius 1 is 0.442 bits per heavy atom. The summed E-state index contributed by atoms with van der Waals surface area (Å²) in [6.45, 7) is 0. The Labute approximate surface area is 257 Å². The predicted molar refractivity (Wildman–Crippen MR) is 146 cm³/mol. The van der Waals surface area contributed by atoms with Crippen molar-refractivity contribution in [2.45, 2.75) is 0 Å². The van der Waals surface area contributed by atoms with Crippen molar-refractivity contribution in [1.29, 1.82) is 0 Å². The minimum absolute atomic E-state index is 0. The van der Waals surface area contributed by atoms with Gasteiger partial charge < -0.3 is 9.97 Å². The fourth-order valence-electron chi connectivity index (χ4n) is 3.52. The second-order valence-electron chi connectivity index (χ2n) is 8.35. The van der Waals surface area contributed by atoms with Crippen molar-refractivity contribution >= 4 is 0 Å². The number of aromatic nitrogens is 3. The Bertz CT molecular complexity index is 1530. The zero-order valence-corrected chi connectivity index (χ0v) is 24.3. The summed E-state index contributed by atoms with van der Waals surface area (Å²) in [5, 5.41) is 0. The summed E-state index contributed by atoms with van der Waals surface area (Å²) in [7, 11) is 0. The number of pyridine rings is 3. The summed E-state index contributed by atoms with van der Waals surface area (Å²) in [5.41, 5.74) is 2.09. The molecule has 3 nitrogen and oxygen atoms in total. The predicted octanol–water partition coefficient (Wildman–Crippen LogP) is 8.68. The molecular weight excluding hydrogens is 745 g/mol. The van der Waals surface area contributed by atoms with Gasteiger partial charge in [-0.05, 0) is 47.8 Å². The molecule has 0 fully saturated rings. The summed E-state index contributed by atoms with van der Waals surface area (Å²) >= 11 is 0. The van der Waals surface area contributed by atoms with Crippen molar-refractivity contribution in [1.82, 2.24) is 15.0 Å². The van der Waals surface area contributed by atoms with E-state index in [2.05, 4.69) is 27.1 Å². The van der Waals surface area contributed by atoms with Gasteiger partial charge in [-0.1, -0.05) is 53.6 Å². The molecule has 0 bridgehead atoms. The third kappa shape index (κ3) is 9.43. The van der Waals surface area contributed by atoms with Gasteiger partial charge in [-0.2, -0.15) is 0 Å². The van der Waals surface area contributed by atoms with E-state index in [1.165, 1.54) is 12.1 Å². The molecule has 0 unspecified atom stereocenters. The molecule has 0 aliphatic rings. The van der Waals surface area contributed by atoms with E-state index in [1.54, 1.807) is 73.2 Å². The molecule has 0 aliphatic heterocycles. The van der Waals surface area contributed by atoms with Gasteiger partial charge in [0.05, 0.1) is 5.69 Å². The van der Waals surface area contributed by atoms with Crippen LogP contribution < -0.4 is 0 Å². The molecule has 0 amide bonds. The minimum Gasteiger partial charge on any atom is -0.305 e. The Morgan fingerprint density at radius 3 is 1.23 bits per heavy atom. The number of benzene rings is 3. The first kappa shape index (κ1) is 32.8. The average Bonchev–Trinajstić information content (AvgIpc) is 2.99. The molecule has 0 atom stereocenters. The van der Waals surface area contributed by atoms with Crippen LogP contribution >= 0.6 is 0 Å².